The van der Waals surface area contributed by atoms with E-state index < -0.39 is 0 Å². The van der Waals surface area contributed by atoms with Gasteiger partial charge in [-0.15, -0.1) is 5.10 Å². The second-order valence-electron chi connectivity index (χ2n) is 3.98. The van der Waals surface area contributed by atoms with Crippen molar-refractivity contribution in [3.05, 3.63) is 41.3 Å². The number of nitrogens with zero attached hydrogens (tertiary/aromatic N) is 2. The van der Waals surface area contributed by atoms with Gasteiger partial charge in [0.1, 0.15) is 17.3 Å². The Bertz CT molecular complexity index is 565. The van der Waals surface area contributed by atoms with Gasteiger partial charge in [-0.25, -0.2) is 9.07 Å². The minimum absolute atomic E-state index is 0.316. The SMILES string of the molecule is Nc1nn(-c2ccccc2F)c2c1CCOC2. The molecule has 0 fully saturated rings. The Kier molecular flexibility index (Phi) is 2.33. The fourth-order valence-corrected chi connectivity index (χ4v) is 2.09. The Balaban J connectivity index is 2.19. The molecule has 3 rings (SSSR count). The summed E-state index contributed by atoms with van der Waals surface area (Å²) in [5.74, 6) is 0.148. The maximum atomic E-state index is 13.7. The second kappa shape index (κ2) is 3.85. The summed E-state index contributed by atoms with van der Waals surface area (Å²) >= 11 is 0. The maximum absolute atomic E-state index is 13.7. The molecule has 0 saturated heterocycles. The van der Waals surface area contributed by atoms with E-state index in [1.54, 1.807) is 22.9 Å². The van der Waals surface area contributed by atoms with E-state index in [0.29, 0.717) is 24.7 Å². The molecular formula is C12H12FN3O. The van der Waals surface area contributed by atoms with Gasteiger partial charge >= 0.3 is 0 Å². The fourth-order valence-electron chi connectivity index (χ4n) is 2.09. The van der Waals surface area contributed by atoms with Crippen LogP contribution in [-0.2, 0) is 17.8 Å². The van der Waals surface area contributed by atoms with Gasteiger partial charge in [0.2, 0.25) is 0 Å². The molecule has 1 aliphatic heterocycles. The Morgan fingerprint density at radius 1 is 1.35 bits per heavy atom. The third kappa shape index (κ3) is 1.59. The van der Waals surface area contributed by atoms with E-state index in [9.17, 15) is 4.39 Å². The number of benzene rings is 1. The van der Waals surface area contributed by atoms with Crippen molar-refractivity contribution in [1.29, 1.82) is 0 Å². The van der Waals surface area contributed by atoms with Gasteiger partial charge in [0.25, 0.3) is 0 Å². The van der Waals surface area contributed by atoms with Gasteiger partial charge in [-0.1, -0.05) is 12.1 Å². The molecule has 88 valence electrons. The maximum Gasteiger partial charge on any atom is 0.149 e. The van der Waals surface area contributed by atoms with E-state index in [-0.39, 0.29) is 5.82 Å². The molecule has 0 saturated carbocycles. The second-order valence-corrected chi connectivity index (χ2v) is 3.98. The van der Waals surface area contributed by atoms with Crippen LogP contribution in [0.1, 0.15) is 11.3 Å². The largest absolute Gasteiger partial charge is 0.382 e. The highest BCUT2D eigenvalue weighted by Gasteiger charge is 2.21. The predicted molar refractivity (Wildman–Crippen MR) is 61.3 cm³/mol. The van der Waals surface area contributed by atoms with Gasteiger partial charge in [0.15, 0.2) is 0 Å². The average Bonchev–Trinajstić information content (AvgIpc) is 2.68. The lowest BCUT2D eigenvalue weighted by Crippen LogP contribution is -2.13. The van der Waals surface area contributed by atoms with Crippen LogP contribution in [0, 0.1) is 5.82 Å². The monoisotopic (exact) mass is 233 g/mol. The van der Waals surface area contributed by atoms with Crippen LogP contribution < -0.4 is 5.73 Å². The van der Waals surface area contributed by atoms with Gasteiger partial charge in [-0.05, 0) is 12.1 Å². The van der Waals surface area contributed by atoms with Crippen LogP contribution >= 0.6 is 0 Å². The van der Waals surface area contributed by atoms with Crippen LogP contribution in [0.2, 0.25) is 0 Å². The van der Waals surface area contributed by atoms with Crippen molar-refractivity contribution in [1.82, 2.24) is 9.78 Å². The lowest BCUT2D eigenvalue weighted by atomic mass is 10.1. The van der Waals surface area contributed by atoms with E-state index in [1.807, 2.05) is 0 Å². The first-order valence-corrected chi connectivity index (χ1v) is 5.46. The van der Waals surface area contributed by atoms with Crippen molar-refractivity contribution in [3.63, 3.8) is 0 Å². The minimum Gasteiger partial charge on any atom is -0.382 e. The highest BCUT2D eigenvalue weighted by molar-refractivity contribution is 5.48. The van der Waals surface area contributed by atoms with Crippen LogP contribution in [0.25, 0.3) is 5.69 Å². The molecule has 1 aromatic heterocycles. The summed E-state index contributed by atoms with van der Waals surface area (Å²) in [5, 5.41) is 4.20. The number of nitrogens with two attached hydrogens (primary N) is 1. The molecule has 1 aliphatic rings. The van der Waals surface area contributed by atoms with Crippen molar-refractivity contribution in [2.45, 2.75) is 13.0 Å². The quantitative estimate of drug-likeness (QED) is 0.815. The molecule has 2 N–H and O–H groups in total. The summed E-state index contributed by atoms with van der Waals surface area (Å²) < 4.78 is 20.6. The smallest absolute Gasteiger partial charge is 0.149 e. The van der Waals surface area contributed by atoms with Gasteiger partial charge in [-0.2, -0.15) is 0 Å². The van der Waals surface area contributed by atoms with E-state index in [2.05, 4.69) is 5.10 Å². The van der Waals surface area contributed by atoms with Crippen molar-refractivity contribution < 1.29 is 9.13 Å². The lowest BCUT2D eigenvalue weighted by Gasteiger charge is -2.14. The van der Waals surface area contributed by atoms with E-state index in [1.165, 1.54) is 6.07 Å². The number of rotatable bonds is 1. The van der Waals surface area contributed by atoms with E-state index in [4.69, 9.17) is 10.5 Å². The number of para-hydroxylation sites is 1. The van der Waals surface area contributed by atoms with E-state index >= 15 is 0 Å². The zero-order valence-corrected chi connectivity index (χ0v) is 9.19. The number of hydrogen-bond acceptors (Lipinski definition) is 3. The summed E-state index contributed by atoms with van der Waals surface area (Å²) in [6.45, 7) is 1.06. The first-order valence-electron chi connectivity index (χ1n) is 5.46. The normalized spacial score (nSPS) is 14.6. The molecule has 0 radical (unpaired) electrons. The highest BCUT2D eigenvalue weighted by Crippen LogP contribution is 2.26. The molecular weight excluding hydrogens is 221 g/mol. The zero-order valence-electron chi connectivity index (χ0n) is 9.19. The molecule has 2 heterocycles. The molecule has 4 nitrogen and oxygen atoms in total. The van der Waals surface area contributed by atoms with Crippen LogP contribution in [-0.4, -0.2) is 16.4 Å². The summed E-state index contributed by atoms with van der Waals surface area (Å²) in [5.41, 5.74) is 8.07. The first kappa shape index (κ1) is 10.3. The summed E-state index contributed by atoms with van der Waals surface area (Å²) in [6, 6.07) is 6.50. The number of anilines is 1. The van der Waals surface area contributed by atoms with Crippen molar-refractivity contribution in [2.75, 3.05) is 12.3 Å². The highest BCUT2D eigenvalue weighted by atomic mass is 19.1. The summed E-state index contributed by atoms with van der Waals surface area (Å²) in [6.07, 6.45) is 0.732. The van der Waals surface area contributed by atoms with Crippen molar-refractivity contribution >= 4 is 5.82 Å². The van der Waals surface area contributed by atoms with E-state index in [0.717, 1.165) is 17.7 Å². The number of fused-ring (bicyclic) bond motifs is 1. The molecule has 0 bridgehead atoms. The van der Waals surface area contributed by atoms with Gasteiger partial charge < -0.3 is 10.5 Å². The fraction of sp³-hybridized carbons (Fsp3) is 0.250. The number of halogens is 1. The molecule has 0 unspecified atom stereocenters. The van der Waals surface area contributed by atoms with Crippen molar-refractivity contribution in [3.8, 4) is 5.69 Å². The van der Waals surface area contributed by atoms with Crippen molar-refractivity contribution in [2.24, 2.45) is 0 Å². The number of ether oxygens (including phenoxy) is 1. The Labute approximate surface area is 97.8 Å². The molecule has 17 heavy (non-hydrogen) atoms. The zero-order chi connectivity index (χ0) is 11.8. The molecule has 5 heteroatoms. The third-order valence-electron chi connectivity index (χ3n) is 2.94. The standard InChI is InChI=1S/C12H12FN3O/c13-9-3-1-2-4-10(9)16-11-7-17-6-5-8(11)12(14)15-16/h1-4H,5-7H2,(H2,14,15). The third-order valence-corrected chi connectivity index (χ3v) is 2.94. The molecule has 0 aliphatic carbocycles. The number of hydrogen-bond donors (Lipinski definition) is 1. The van der Waals surface area contributed by atoms with Crippen LogP contribution in [0.3, 0.4) is 0 Å². The Hall–Kier alpha value is -1.88. The topological polar surface area (TPSA) is 53.1 Å². The molecule has 0 amide bonds. The average molecular weight is 233 g/mol. The Morgan fingerprint density at radius 3 is 3.00 bits per heavy atom. The summed E-state index contributed by atoms with van der Waals surface area (Å²) in [4.78, 5) is 0. The molecule has 0 spiro atoms. The van der Waals surface area contributed by atoms with Crippen LogP contribution in [0.4, 0.5) is 10.2 Å². The lowest BCUT2D eigenvalue weighted by molar-refractivity contribution is 0.106. The predicted octanol–water partition coefficient (Wildman–Crippen LogP) is 1.67. The minimum atomic E-state index is -0.316. The molecule has 1 aromatic carbocycles. The first-order chi connectivity index (χ1) is 8.27. The van der Waals surface area contributed by atoms with Crippen LogP contribution in [0.15, 0.2) is 24.3 Å². The summed E-state index contributed by atoms with van der Waals surface area (Å²) in [7, 11) is 0. The van der Waals surface area contributed by atoms with Crippen LogP contribution in [0.5, 0.6) is 0 Å². The number of aromatic nitrogens is 2. The Morgan fingerprint density at radius 2 is 2.18 bits per heavy atom. The van der Waals surface area contributed by atoms with Gasteiger partial charge in [0.05, 0.1) is 18.9 Å². The van der Waals surface area contributed by atoms with Gasteiger partial charge in [-0.3, -0.25) is 0 Å². The molecule has 2 aromatic rings. The molecule has 0 atom stereocenters. The number of nitrogen functional groups attached to an aromatic ring is 1. The van der Waals surface area contributed by atoms with Gasteiger partial charge in [0, 0.05) is 12.0 Å².